The molecule has 0 bridgehead atoms. The van der Waals surface area contributed by atoms with E-state index < -0.39 is 0 Å². The topological polar surface area (TPSA) is 37.4 Å². The molecule has 0 aromatic carbocycles. The third-order valence-electron chi connectivity index (χ3n) is 11.1. The molecular weight excluding hydrogens is 418 g/mol. The normalized spacial score (nSPS) is 37.9. The monoisotopic (exact) mass is 469 g/mol. The van der Waals surface area contributed by atoms with Crippen molar-refractivity contribution in [1.82, 2.24) is 4.90 Å². The van der Waals surface area contributed by atoms with Gasteiger partial charge in [-0.2, -0.15) is 0 Å². The van der Waals surface area contributed by atoms with Gasteiger partial charge in [0.2, 0.25) is 5.91 Å². The summed E-state index contributed by atoms with van der Waals surface area (Å²) in [6.07, 6.45) is 16.9. The van der Waals surface area contributed by atoms with Crippen LogP contribution in [0.5, 0.6) is 0 Å². The van der Waals surface area contributed by atoms with Crippen LogP contribution < -0.4 is 0 Å². The highest BCUT2D eigenvalue weighted by molar-refractivity contribution is 5.91. The van der Waals surface area contributed by atoms with E-state index in [0.29, 0.717) is 23.0 Å². The molecule has 0 aromatic heterocycles. The molecule has 7 atom stereocenters. The molecule has 1 amide bonds. The lowest BCUT2D eigenvalue weighted by molar-refractivity contribution is -0.131. The Hall–Kier alpha value is -1.12. The molecule has 0 aliphatic heterocycles. The fourth-order valence-electron chi connectivity index (χ4n) is 9.37. The molecule has 0 saturated heterocycles. The fourth-order valence-corrected chi connectivity index (χ4v) is 9.37. The minimum Gasteiger partial charge on any atom is -0.343 e. The van der Waals surface area contributed by atoms with Crippen molar-refractivity contribution in [2.45, 2.75) is 118 Å². The smallest absolute Gasteiger partial charge is 0.222 e. The van der Waals surface area contributed by atoms with Crippen molar-refractivity contribution in [2.75, 3.05) is 13.1 Å². The number of allylic oxidation sites excluding steroid dienone is 1. The summed E-state index contributed by atoms with van der Waals surface area (Å²) in [7, 11) is 0. The molecule has 4 aliphatic rings. The van der Waals surface area contributed by atoms with E-state index in [9.17, 15) is 9.59 Å². The van der Waals surface area contributed by atoms with Gasteiger partial charge < -0.3 is 4.90 Å². The zero-order valence-corrected chi connectivity index (χ0v) is 22.8. The molecule has 34 heavy (non-hydrogen) atoms. The fraction of sp³-hybridized carbons (Fsp3) is 0.871. The van der Waals surface area contributed by atoms with E-state index in [-0.39, 0.29) is 5.41 Å². The van der Waals surface area contributed by atoms with Gasteiger partial charge in [0.05, 0.1) is 0 Å². The zero-order chi connectivity index (χ0) is 24.5. The highest BCUT2D eigenvalue weighted by atomic mass is 16.2. The van der Waals surface area contributed by atoms with Crippen LogP contribution in [0.4, 0.5) is 0 Å². The van der Waals surface area contributed by atoms with Gasteiger partial charge in [0, 0.05) is 25.9 Å². The molecule has 0 spiro atoms. The standard InChI is InChI=1S/C31H51NO2/c1-6-19-32(20-7-2)29(34)10-8-9-22(3)26-13-14-27-25-12-11-23-21-24(33)15-17-30(23,4)28(25)16-18-31(26,27)5/h21-22,25-28H,6-20H2,1-5H3/t22-,25+,26-,27+,28+,30+,31-/m1/s1. The van der Waals surface area contributed by atoms with Gasteiger partial charge in [-0.25, -0.2) is 0 Å². The molecule has 0 N–H and O–H groups in total. The number of hydrogen-bond donors (Lipinski definition) is 0. The number of carbonyl (C=O) groups excluding carboxylic acids is 2. The summed E-state index contributed by atoms with van der Waals surface area (Å²) >= 11 is 0. The molecule has 3 heteroatoms. The van der Waals surface area contributed by atoms with Gasteiger partial charge in [0.25, 0.3) is 0 Å². The van der Waals surface area contributed by atoms with Crippen molar-refractivity contribution in [3.63, 3.8) is 0 Å². The van der Waals surface area contributed by atoms with Crippen LogP contribution in [0.3, 0.4) is 0 Å². The summed E-state index contributed by atoms with van der Waals surface area (Å²) in [5.41, 5.74) is 2.25. The lowest BCUT2D eigenvalue weighted by atomic mass is 9.46. The molecule has 0 unspecified atom stereocenters. The maximum Gasteiger partial charge on any atom is 0.222 e. The van der Waals surface area contributed by atoms with Gasteiger partial charge in [0.1, 0.15) is 0 Å². The average Bonchev–Trinajstić information content (AvgIpc) is 3.16. The summed E-state index contributed by atoms with van der Waals surface area (Å²) in [6, 6.07) is 0. The number of hydrogen-bond acceptors (Lipinski definition) is 2. The van der Waals surface area contributed by atoms with Crippen LogP contribution in [0.15, 0.2) is 11.6 Å². The van der Waals surface area contributed by atoms with Gasteiger partial charge in [-0.1, -0.05) is 40.2 Å². The number of fused-ring (bicyclic) bond motifs is 5. The SMILES string of the molecule is CCCN(CCC)C(=O)CCC[C@@H](C)[C@H]1CC[C@H]2[C@@H]3CCC4=CC(=O)CC[C@]4(C)[C@H]3CC[C@]12C. The summed E-state index contributed by atoms with van der Waals surface area (Å²) in [4.78, 5) is 26.9. The summed E-state index contributed by atoms with van der Waals surface area (Å²) in [6.45, 7) is 13.8. The van der Waals surface area contributed by atoms with E-state index in [1.165, 1.54) is 44.1 Å². The summed E-state index contributed by atoms with van der Waals surface area (Å²) < 4.78 is 0. The van der Waals surface area contributed by atoms with E-state index in [0.717, 1.165) is 81.7 Å². The Balaban J connectivity index is 1.37. The minimum atomic E-state index is 0.283. The van der Waals surface area contributed by atoms with Crippen LogP contribution in [-0.2, 0) is 9.59 Å². The van der Waals surface area contributed by atoms with E-state index >= 15 is 0 Å². The van der Waals surface area contributed by atoms with Crippen molar-refractivity contribution in [3.05, 3.63) is 11.6 Å². The second-order valence-electron chi connectivity index (χ2n) is 12.9. The van der Waals surface area contributed by atoms with Crippen molar-refractivity contribution in [3.8, 4) is 0 Å². The van der Waals surface area contributed by atoms with E-state index in [1.54, 1.807) is 0 Å². The van der Waals surface area contributed by atoms with Gasteiger partial charge in [-0.3, -0.25) is 9.59 Å². The van der Waals surface area contributed by atoms with Crippen molar-refractivity contribution in [1.29, 1.82) is 0 Å². The van der Waals surface area contributed by atoms with Gasteiger partial charge in [0.15, 0.2) is 5.78 Å². The first kappa shape index (κ1) is 26.0. The number of nitrogens with zero attached hydrogens (tertiary/aromatic N) is 1. The summed E-state index contributed by atoms with van der Waals surface area (Å²) in [5.74, 6) is 4.77. The van der Waals surface area contributed by atoms with Gasteiger partial charge >= 0.3 is 0 Å². The Labute approximate surface area is 209 Å². The van der Waals surface area contributed by atoms with Crippen LogP contribution in [0, 0.1) is 40.4 Å². The van der Waals surface area contributed by atoms with Gasteiger partial charge in [-0.15, -0.1) is 0 Å². The molecule has 3 nitrogen and oxygen atoms in total. The minimum absolute atomic E-state index is 0.283. The second-order valence-corrected chi connectivity index (χ2v) is 12.9. The maximum atomic E-state index is 12.7. The maximum absolute atomic E-state index is 12.7. The predicted octanol–water partition coefficient (Wildman–Crippen LogP) is 7.59. The molecule has 192 valence electrons. The second kappa shape index (κ2) is 10.5. The third-order valence-corrected chi connectivity index (χ3v) is 11.1. The number of ketones is 1. The van der Waals surface area contributed by atoms with E-state index in [2.05, 4.69) is 39.5 Å². The first-order chi connectivity index (χ1) is 16.2. The Bertz CT molecular complexity index is 780. The lowest BCUT2D eigenvalue weighted by Crippen LogP contribution is -2.51. The molecule has 3 saturated carbocycles. The quantitative estimate of drug-likeness (QED) is 0.349. The third kappa shape index (κ3) is 4.66. The number of rotatable bonds is 9. The van der Waals surface area contributed by atoms with Crippen LogP contribution in [0.1, 0.15) is 118 Å². The Morgan fingerprint density at radius 2 is 1.76 bits per heavy atom. The van der Waals surface area contributed by atoms with E-state index in [4.69, 9.17) is 0 Å². The molecular formula is C31H51NO2. The first-order valence-electron chi connectivity index (χ1n) is 14.8. The van der Waals surface area contributed by atoms with Crippen molar-refractivity contribution in [2.24, 2.45) is 40.4 Å². The zero-order valence-electron chi connectivity index (χ0n) is 22.8. The lowest BCUT2D eigenvalue weighted by Gasteiger charge is -2.58. The molecule has 4 rings (SSSR count). The van der Waals surface area contributed by atoms with Crippen molar-refractivity contribution < 1.29 is 9.59 Å². The van der Waals surface area contributed by atoms with Crippen LogP contribution in [0.25, 0.3) is 0 Å². The Kier molecular flexibility index (Phi) is 7.99. The van der Waals surface area contributed by atoms with E-state index in [1.807, 2.05) is 6.08 Å². The van der Waals surface area contributed by atoms with Gasteiger partial charge in [-0.05, 0) is 117 Å². The highest BCUT2D eigenvalue weighted by Gasteiger charge is 2.59. The Morgan fingerprint density at radius 1 is 1.03 bits per heavy atom. The largest absolute Gasteiger partial charge is 0.343 e. The molecule has 4 aliphatic carbocycles. The molecule has 0 radical (unpaired) electrons. The molecule has 0 aromatic rings. The highest BCUT2D eigenvalue weighted by Crippen LogP contribution is 2.67. The first-order valence-corrected chi connectivity index (χ1v) is 14.8. The predicted molar refractivity (Wildman–Crippen MR) is 140 cm³/mol. The average molecular weight is 470 g/mol. The Morgan fingerprint density at radius 3 is 2.47 bits per heavy atom. The molecule has 0 heterocycles. The number of carbonyl (C=O) groups is 2. The van der Waals surface area contributed by atoms with Crippen molar-refractivity contribution >= 4 is 11.7 Å². The molecule has 3 fully saturated rings. The van der Waals surface area contributed by atoms with Crippen LogP contribution in [0.2, 0.25) is 0 Å². The number of amides is 1. The van der Waals surface area contributed by atoms with Crippen LogP contribution >= 0.6 is 0 Å². The summed E-state index contributed by atoms with van der Waals surface area (Å²) in [5, 5.41) is 0. The van der Waals surface area contributed by atoms with Crippen LogP contribution in [-0.4, -0.2) is 29.7 Å².